The van der Waals surface area contributed by atoms with Gasteiger partial charge in [-0.15, -0.1) is 0 Å². The first kappa shape index (κ1) is 30.0. The van der Waals surface area contributed by atoms with Gasteiger partial charge in [0, 0.05) is 30.0 Å². The molecule has 3 atom stereocenters. The summed E-state index contributed by atoms with van der Waals surface area (Å²) in [6, 6.07) is 15.5. The molecule has 2 aromatic carbocycles. The predicted octanol–water partition coefficient (Wildman–Crippen LogP) is 6.06. The number of carbonyl (C=O) groups excluding carboxylic acids is 2. The van der Waals surface area contributed by atoms with Crippen LogP contribution in [0.15, 0.2) is 59.5 Å². The van der Waals surface area contributed by atoms with Gasteiger partial charge in [-0.25, -0.2) is 0 Å². The van der Waals surface area contributed by atoms with Crippen molar-refractivity contribution in [3.8, 4) is 0 Å². The summed E-state index contributed by atoms with van der Waals surface area (Å²) in [5.74, 6) is -0.392. The van der Waals surface area contributed by atoms with Crippen molar-refractivity contribution in [3.05, 3.63) is 70.3 Å². The van der Waals surface area contributed by atoms with Crippen LogP contribution >= 0.6 is 11.8 Å². The van der Waals surface area contributed by atoms with E-state index in [1.807, 2.05) is 37.3 Å². The quantitative estimate of drug-likeness (QED) is 0.0780. The average molecular weight is 559 g/mol. The first-order valence-corrected chi connectivity index (χ1v) is 16.6. The molecule has 0 unspecified atom stereocenters. The third kappa shape index (κ3) is 7.53. The van der Waals surface area contributed by atoms with E-state index in [4.69, 9.17) is 9.16 Å². The van der Waals surface area contributed by atoms with E-state index in [9.17, 15) is 19.7 Å². The van der Waals surface area contributed by atoms with Gasteiger partial charge >= 0.3 is 0 Å². The molecule has 3 rings (SSSR count). The van der Waals surface area contributed by atoms with Crippen molar-refractivity contribution in [1.82, 2.24) is 4.90 Å². The van der Waals surface area contributed by atoms with E-state index in [0.29, 0.717) is 13.2 Å². The van der Waals surface area contributed by atoms with Gasteiger partial charge in [-0.1, -0.05) is 50.7 Å². The zero-order valence-electron chi connectivity index (χ0n) is 23.0. The SMILES string of the molecule is C[C@@H](O[Si](C)(C)C(C)(C)C)[C@H]1C(=O)N(CCOCc2ccc([N+](=O)[O-])cc2)[C@@H]1CC(=O)Sc1ccccc1. The summed E-state index contributed by atoms with van der Waals surface area (Å²) < 4.78 is 12.3. The number of β-lactam (4-membered cyclic amide) rings is 1. The summed E-state index contributed by atoms with van der Waals surface area (Å²) in [5.41, 5.74) is 0.840. The first-order chi connectivity index (χ1) is 17.8. The van der Waals surface area contributed by atoms with E-state index < -0.39 is 13.2 Å². The van der Waals surface area contributed by atoms with Crippen LogP contribution in [0.3, 0.4) is 0 Å². The largest absolute Gasteiger partial charge is 0.413 e. The molecule has 1 amide bonds. The van der Waals surface area contributed by atoms with Crippen molar-refractivity contribution in [2.45, 2.75) is 75.9 Å². The third-order valence-electron chi connectivity index (χ3n) is 7.42. The molecule has 10 heteroatoms. The summed E-state index contributed by atoms with van der Waals surface area (Å²) in [6.07, 6.45) is -0.0519. The van der Waals surface area contributed by atoms with Crippen LogP contribution in [0.25, 0.3) is 0 Å². The zero-order chi connectivity index (χ0) is 28.1. The molecule has 8 nitrogen and oxygen atoms in total. The lowest BCUT2D eigenvalue weighted by molar-refractivity contribution is -0.384. The van der Waals surface area contributed by atoms with Gasteiger partial charge in [-0.2, -0.15) is 0 Å². The minimum atomic E-state index is -2.10. The van der Waals surface area contributed by atoms with E-state index in [1.54, 1.807) is 17.0 Å². The molecular weight excluding hydrogens is 520 g/mol. The Bertz CT molecular complexity index is 1120. The Labute approximate surface area is 230 Å². The Balaban J connectivity index is 1.63. The Morgan fingerprint density at radius 1 is 1.13 bits per heavy atom. The first-order valence-electron chi connectivity index (χ1n) is 12.9. The van der Waals surface area contributed by atoms with Crippen LogP contribution in [-0.2, 0) is 25.4 Å². The Hall–Kier alpha value is -2.53. The van der Waals surface area contributed by atoms with Gasteiger partial charge < -0.3 is 14.1 Å². The van der Waals surface area contributed by atoms with Crippen LogP contribution in [-0.4, -0.2) is 54.5 Å². The van der Waals surface area contributed by atoms with Crippen molar-refractivity contribution in [2.75, 3.05) is 13.2 Å². The lowest BCUT2D eigenvalue weighted by atomic mass is 9.81. The van der Waals surface area contributed by atoms with Crippen molar-refractivity contribution in [3.63, 3.8) is 0 Å². The van der Waals surface area contributed by atoms with Crippen LogP contribution in [0.2, 0.25) is 18.1 Å². The molecule has 1 fully saturated rings. The number of hydrogen-bond donors (Lipinski definition) is 0. The molecule has 1 saturated heterocycles. The number of non-ortho nitro benzene ring substituents is 1. The molecule has 206 valence electrons. The summed E-state index contributed by atoms with van der Waals surface area (Å²) in [7, 11) is -2.10. The molecule has 0 bridgehead atoms. The Morgan fingerprint density at radius 3 is 2.34 bits per heavy atom. The number of nitro groups is 1. The maximum Gasteiger partial charge on any atom is 0.269 e. The van der Waals surface area contributed by atoms with Gasteiger partial charge in [-0.05, 0) is 54.9 Å². The summed E-state index contributed by atoms with van der Waals surface area (Å²) in [4.78, 5) is 39.3. The highest BCUT2D eigenvalue weighted by atomic mass is 32.2. The number of rotatable bonds is 12. The highest BCUT2D eigenvalue weighted by molar-refractivity contribution is 8.13. The Kier molecular flexibility index (Phi) is 9.91. The molecule has 0 spiro atoms. The van der Waals surface area contributed by atoms with Crippen molar-refractivity contribution < 1.29 is 23.7 Å². The molecule has 2 aromatic rings. The predicted molar refractivity (Wildman–Crippen MR) is 151 cm³/mol. The maximum atomic E-state index is 13.3. The summed E-state index contributed by atoms with van der Waals surface area (Å²) in [6.45, 7) is 13.7. The molecular formula is C28H38N2O6SSi. The average Bonchev–Trinajstić information content (AvgIpc) is 2.83. The van der Waals surface area contributed by atoms with Crippen molar-refractivity contribution >= 4 is 36.8 Å². The smallest absolute Gasteiger partial charge is 0.269 e. The topological polar surface area (TPSA) is 99.0 Å². The standard InChI is InChI=1S/C28H38N2O6SSi/c1-20(36-38(5,6)28(2,3)4)26-24(18-25(31)37-23-10-8-7-9-11-23)29(27(26)32)16-17-35-19-21-12-14-22(15-13-21)30(33)34/h7-15,20,24,26H,16-19H2,1-6H3/t20-,24-,26-/m1/s1. The van der Waals surface area contributed by atoms with Gasteiger partial charge in [0.05, 0.1) is 36.2 Å². The van der Waals surface area contributed by atoms with Gasteiger partial charge in [0.1, 0.15) is 0 Å². The van der Waals surface area contributed by atoms with E-state index in [-0.39, 0.29) is 52.8 Å². The molecule has 0 saturated carbocycles. The monoisotopic (exact) mass is 558 g/mol. The molecule has 1 heterocycles. The highest BCUT2D eigenvalue weighted by Gasteiger charge is 2.52. The Morgan fingerprint density at radius 2 is 1.76 bits per heavy atom. The van der Waals surface area contributed by atoms with Crippen molar-refractivity contribution in [2.24, 2.45) is 5.92 Å². The van der Waals surface area contributed by atoms with Crippen LogP contribution in [0.1, 0.15) is 39.7 Å². The molecule has 0 N–H and O–H groups in total. The van der Waals surface area contributed by atoms with Crippen LogP contribution in [0.5, 0.6) is 0 Å². The molecule has 0 radical (unpaired) electrons. The number of likely N-dealkylation sites (tertiary alicyclic amines) is 1. The fourth-order valence-corrected chi connectivity index (χ4v) is 6.51. The molecule has 38 heavy (non-hydrogen) atoms. The number of amides is 1. The normalized spacial score (nSPS) is 18.7. The third-order valence-corrected chi connectivity index (χ3v) is 12.9. The lowest BCUT2D eigenvalue weighted by Gasteiger charge is -2.51. The number of nitrogens with zero attached hydrogens (tertiary/aromatic N) is 2. The minimum Gasteiger partial charge on any atom is -0.413 e. The second-order valence-corrected chi connectivity index (χ2v) is 17.1. The van der Waals surface area contributed by atoms with Crippen molar-refractivity contribution in [1.29, 1.82) is 0 Å². The molecule has 0 aromatic heterocycles. The van der Waals surface area contributed by atoms with Gasteiger partial charge in [0.15, 0.2) is 13.4 Å². The van der Waals surface area contributed by atoms with Crippen LogP contribution in [0.4, 0.5) is 5.69 Å². The molecule has 0 aliphatic carbocycles. The maximum absolute atomic E-state index is 13.3. The lowest BCUT2D eigenvalue weighted by Crippen LogP contribution is -2.66. The zero-order valence-corrected chi connectivity index (χ0v) is 24.8. The number of hydrogen-bond acceptors (Lipinski definition) is 7. The van der Waals surface area contributed by atoms with Crippen LogP contribution in [0, 0.1) is 16.0 Å². The van der Waals surface area contributed by atoms with E-state index in [1.165, 1.54) is 23.9 Å². The van der Waals surface area contributed by atoms with Gasteiger partial charge in [-0.3, -0.25) is 19.7 Å². The summed E-state index contributed by atoms with van der Waals surface area (Å²) in [5, 5.41) is 10.8. The van der Waals surface area contributed by atoms with E-state index in [2.05, 4.69) is 33.9 Å². The number of benzene rings is 2. The fraction of sp³-hybridized carbons (Fsp3) is 0.500. The van der Waals surface area contributed by atoms with Gasteiger partial charge in [0.2, 0.25) is 5.91 Å². The number of nitro benzene ring substituents is 1. The van der Waals surface area contributed by atoms with Crippen LogP contribution < -0.4 is 0 Å². The number of thioether (sulfide) groups is 1. The molecule has 1 aliphatic rings. The fourth-order valence-electron chi connectivity index (χ4n) is 4.27. The summed E-state index contributed by atoms with van der Waals surface area (Å²) >= 11 is 1.20. The second-order valence-electron chi connectivity index (χ2n) is 11.2. The van der Waals surface area contributed by atoms with E-state index >= 15 is 0 Å². The number of ether oxygens (including phenoxy) is 1. The minimum absolute atomic E-state index is 0.00786. The number of carbonyl (C=O) groups is 2. The van der Waals surface area contributed by atoms with Gasteiger partial charge in [0.25, 0.3) is 5.69 Å². The molecule has 1 aliphatic heterocycles. The second kappa shape index (κ2) is 12.5. The highest BCUT2D eigenvalue weighted by Crippen LogP contribution is 2.41. The van der Waals surface area contributed by atoms with E-state index in [0.717, 1.165) is 10.5 Å².